The number of rotatable bonds is 1. The summed E-state index contributed by atoms with van der Waals surface area (Å²) in [6, 6.07) is 3.80. The van der Waals surface area contributed by atoms with Crippen molar-refractivity contribution in [3.63, 3.8) is 0 Å². The van der Waals surface area contributed by atoms with Crippen LogP contribution >= 0.6 is 24.0 Å². The van der Waals surface area contributed by atoms with Gasteiger partial charge in [0.1, 0.15) is 5.75 Å². The molecule has 1 atom stereocenters. The van der Waals surface area contributed by atoms with E-state index < -0.39 is 0 Å². The van der Waals surface area contributed by atoms with E-state index in [1.807, 2.05) is 19.1 Å². The lowest BCUT2D eigenvalue weighted by Crippen LogP contribution is -2.24. The van der Waals surface area contributed by atoms with Gasteiger partial charge in [-0.25, -0.2) is 0 Å². The Hall–Kier alpha value is -1.27. The molecule has 2 aromatic rings. The predicted molar refractivity (Wildman–Crippen MR) is 69.6 cm³/mol. The maximum absolute atomic E-state index is 12.1. The van der Waals surface area contributed by atoms with Gasteiger partial charge in [-0.1, -0.05) is 0 Å². The Morgan fingerprint density at radius 2 is 2.29 bits per heavy atom. The molecule has 1 aromatic heterocycles. The molecule has 2 heterocycles. The Morgan fingerprint density at radius 1 is 1.53 bits per heavy atom. The monoisotopic (exact) mass is 266 g/mol. The molecule has 0 saturated heterocycles. The number of imidazole rings is 1. The molecule has 17 heavy (non-hydrogen) atoms. The molecule has 3 rings (SSSR count). The Labute approximate surface area is 107 Å². The first-order chi connectivity index (χ1) is 8.11. The van der Waals surface area contributed by atoms with Crippen LogP contribution in [0.1, 0.15) is 11.7 Å². The number of thioether (sulfide) groups is 1. The van der Waals surface area contributed by atoms with Crippen LogP contribution in [0.25, 0.3) is 11.0 Å². The Bertz CT molecular complexity index is 687. The summed E-state index contributed by atoms with van der Waals surface area (Å²) in [5, 5.41) is -0.125. The summed E-state index contributed by atoms with van der Waals surface area (Å²) in [6.07, 6.45) is 0. The fourth-order valence-corrected chi connectivity index (χ4v) is 3.40. The number of benzene rings is 1. The number of hydrogen-bond acceptors (Lipinski definition) is 4. The lowest BCUT2D eigenvalue weighted by Gasteiger charge is -2.19. The highest BCUT2D eigenvalue weighted by atomic mass is 32.2. The second-order valence-electron chi connectivity index (χ2n) is 3.89. The maximum Gasteiger partial charge on any atom is 0.246 e. The van der Waals surface area contributed by atoms with E-state index in [-0.39, 0.29) is 11.2 Å². The van der Waals surface area contributed by atoms with E-state index >= 15 is 0 Å². The van der Waals surface area contributed by atoms with Crippen molar-refractivity contribution in [1.29, 1.82) is 0 Å². The van der Waals surface area contributed by atoms with Crippen LogP contribution in [-0.2, 0) is 0 Å². The molecule has 1 N–H and O–H groups in total. The van der Waals surface area contributed by atoms with Gasteiger partial charge in [0.25, 0.3) is 0 Å². The highest BCUT2D eigenvalue weighted by Crippen LogP contribution is 2.38. The maximum atomic E-state index is 12.1. The summed E-state index contributed by atoms with van der Waals surface area (Å²) in [5.74, 6) is 0.800. The summed E-state index contributed by atoms with van der Waals surface area (Å²) >= 11 is 6.73. The van der Waals surface area contributed by atoms with E-state index in [2.05, 4.69) is 4.98 Å². The van der Waals surface area contributed by atoms with Crippen molar-refractivity contribution in [2.24, 2.45) is 0 Å². The Morgan fingerprint density at radius 3 is 3.00 bits per heavy atom. The van der Waals surface area contributed by atoms with Gasteiger partial charge in [0.15, 0.2) is 4.77 Å². The number of nitrogens with zero attached hydrogens (tertiary/aromatic N) is 1. The molecular weight excluding hydrogens is 256 g/mol. The molecule has 0 amide bonds. The highest BCUT2D eigenvalue weighted by Gasteiger charge is 2.27. The second kappa shape index (κ2) is 3.61. The van der Waals surface area contributed by atoms with Gasteiger partial charge < -0.3 is 9.72 Å². The van der Waals surface area contributed by atoms with Crippen molar-refractivity contribution in [2.75, 3.05) is 7.11 Å². The molecule has 6 heteroatoms. The molecule has 88 valence electrons. The van der Waals surface area contributed by atoms with Gasteiger partial charge in [0.05, 0.1) is 23.4 Å². The standard InChI is InChI=1S/C11H10N2O2S2/c1-5-10(14)13-9-7(12-11(13)16)3-6(15-2)4-8(9)17-5/h3-5H,1-2H3,(H,12,16). The number of methoxy groups -OCH3 is 1. The van der Waals surface area contributed by atoms with Crippen molar-refractivity contribution in [3.05, 3.63) is 16.9 Å². The largest absolute Gasteiger partial charge is 0.497 e. The zero-order valence-corrected chi connectivity index (χ0v) is 10.9. The Kier molecular flexibility index (Phi) is 2.31. The number of hydrogen-bond donors (Lipinski definition) is 1. The topological polar surface area (TPSA) is 47.0 Å². The van der Waals surface area contributed by atoms with Crippen LogP contribution < -0.4 is 4.74 Å². The van der Waals surface area contributed by atoms with E-state index in [1.54, 1.807) is 11.7 Å². The molecular formula is C11H10N2O2S2. The van der Waals surface area contributed by atoms with Gasteiger partial charge in [-0.05, 0) is 25.2 Å². The fraction of sp³-hybridized carbons (Fsp3) is 0.273. The van der Waals surface area contributed by atoms with Crippen molar-refractivity contribution in [1.82, 2.24) is 9.55 Å². The third-order valence-electron chi connectivity index (χ3n) is 2.82. The summed E-state index contributed by atoms with van der Waals surface area (Å²) in [4.78, 5) is 16.1. The molecule has 1 unspecified atom stereocenters. The van der Waals surface area contributed by atoms with Gasteiger partial charge in [0, 0.05) is 11.0 Å². The van der Waals surface area contributed by atoms with E-state index in [4.69, 9.17) is 17.0 Å². The summed E-state index contributed by atoms with van der Waals surface area (Å²) in [7, 11) is 1.63. The van der Waals surface area contributed by atoms with E-state index in [0.717, 1.165) is 21.7 Å². The van der Waals surface area contributed by atoms with Gasteiger partial charge in [-0.15, -0.1) is 11.8 Å². The summed E-state index contributed by atoms with van der Waals surface area (Å²) in [5.41, 5.74) is 1.71. The number of aromatic amines is 1. The number of nitrogens with one attached hydrogen (secondary N) is 1. The van der Waals surface area contributed by atoms with E-state index in [9.17, 15) is 4.79 Å². The number of H-pyrrole nitrogens is 1. The first-order valence-corrected chi connectivity index (χ1v) is 6.44. The first kappa shape index (κ1) is 10.9. The van der Waals surface area contributed by atoms with Crippen LogP contribution in [0.15, 0.2) is 17.0 Å². The third kappa shape index (κ3) is 1.44. The molecule has 4 nitrogen and oxygen atoms in total. The summed E-state index contributed by atoms with van der Waals surface area (Å²) < 4.78 is 7.27. The second-order valence-corrected chi connectivity index (χ2v) is 5.65. The lowest BCUT2D eigenvalue weighted by atomic mass is 10.3. The van der Waals surface area contributed by atoms with Crippen molar-refractivity contribution < 1.29 is 9.53 Å². The molecule has 1 aromatic carbocycles. The first-order valence-electron chi connectivity index (χ1n) is 5.15. The molecule has 0 saturated carbocycles. The van der Waals surface area contributed by atoms with Crippen molar-refractivity contribution in [3.8, 4) is 5.75 Å². The molecule has 1 aliphatic rings. The smallest absolute Gasteiger partial charge is 0.246 e. The van der Waals surface area contributed by atoms with Gasteiger partial charge in [0.2, 0.25) is 5.91 Å². The molecule has 0 aliphatic carbocycles. The van der Waals surface area contributed by atoms with Crippen LogP contribution in [0.5, 0.6) is 5.75 Å². The minimum absolute atomic E-state index is 0.0314. The molecule has 0 spiro atoms. The Balaban J connectivity index is 2.45. The van der Waals surface area contributed by atoms with Crippen LogP contribution in [0.3, 0.4) is 0 Å². The third-order valence-corrected chi connectivity index (χ3v) is 4.23. The quantitative estimate of drug-likeness (QED) is 0.806. The molecule has 1 aliphatic heterocycles. The zero-order valence-electron chi connectivity index (χ0n) is 9.31. The lowest BCUT2D eigenvalue weighted by molar-refractivity contribution is 0.0916. The summed E-state index contributed by atoms with van der Waals surface area (Å²) in [6.45, 7) is 1.88. The van der Waals surface area contributed by atoms with Crippen LogP contribution in [0.4, 0.5) is 0 Å². The van der Waals surface area contributed by atoms with E-state index in [1.165, 1.54) is 11.8 Å². The van der Waals surface area contributed by atoms with Crippen LogP contribution in [-0.4, -0.2) is 27.8 Å². The normalized spacial score (nSPS) is 18.7. The average Bonchev–Trinajstić information content (AvgIpc) is 2.63. The van der Waals surface area contributed by atoms with Crippen LogP contribution in [0, 0.1) is 4.77 Å². The van der Waals surface area contributed by atoms with Crippen molar-refractivity contribution in [2.45, 2.75) is 17.1 Å². The molecule has 0 bridgehead atoms. The number of ether oxygens (including phenoxy) is 1. The number of carbonyl (C=O) groups is 1. The average molecular weight is 266 g/mol. The number of carbonyl (C=O) groups excluding carboxylic acids is 1. The van der Waals surface area contributed by atoms with Gasteiger partial charge in [-0.3, -0.25) is 9.36 Å². The molecule has 0 radical (unpaired) electrons. The van der Waals surface area contributed by atoms with Crippen molar-refractivity contribution >= 4 is 40.9 Å². The van der Waals surface area contributed by atoms with Gasteiger partial charge >= 0.3 is 0 Å². The number of aromatic nitrogens is 2. The fourth-order valence-electron chi connectivity index (χ4n) is 2.02. The van der Waals surface area contributed by atoms with Crippen LogP contribution in [0.2, 0.25) is 0 Å². The minimum atomic E-state index is -0.125. The van der Waals surface area contributed by atoms with E-state index in [0.29, 0.717) is 4.77 Å². The molecule has 0 fully saturated rings. The predicted octanol–water partition coefficient (Wildman–Crippen LogP) is 2.84. The highest BCUT2D eigenvalue weighted by molar-refractivity contribution is 8.01. The SMILES string of the molecule is COc1cc2c3c(c1)[nH]c(=S)n3C(=O)C(C)S2. The zero-order chi connectivity index (χ0) is 12.2. The van der Waals surface area contributed by atoms with Gasteiger partial charge in [-0.2, -0.15) is 0 Å². The minimum Gasteiger partial charge on any atom is -0.497 e.